The van der Waals surface area contributed by atoms with E-state index in [0.717, 1.165) is 0 Å². The summed E-state index contributed by atoms with van der Waals surface area (Å²) in [6, 6.07) is 4.27. The largest absolute Gasteiger partial charge is 0.468 e. The Morgan fingerprint density at radius 2 is 1.93 bits per heavy atom. The minimum atomic E-state index is -0.687. The van der Waals surface area contributed by atoms with Crippen molar-refractivity contribution in [3.8, 4) is 5.75 Å². The molecule has 0 bridgehead atoms. The molecule has 1 aliphatic rings. The van der Waals surface area contributed by atoms with Gasteiger partial charge in [-0.1, -0.05) is 0 Å². The smallest absolute Gasteiger partial charge is 0.347 e. The van der Waals surface area contributed by atoms with Crippen molar-refractivity contribution in [2.75, 3.05) is 6.79 Å². The first-order valence-electron chi connectivity index (χ1n) is 3.86. The van der Waals surface area contributed by atoms with Gasteiger partial charge in [-0.05, 0) is 18.2 Å². The zero-order valence-electron chi connectivity index (χ0n) is 7.02. The van der Waals surface area contributed by atoms with Gasteiger partial charge in [-0.2, -0.15) is 0 Å². The van der Waals surface area contributed by atoms with Gasteiger partial charge in [-0.25, -0.2) is 9.59 Å². The van der Waals surface area contributed by atoms with Crippen molar-refractivity contribution >= 4 is 11.9 Å². The fraction of sp³-hybridized carbons (Fsp3) is 0.111. The van der Waals surface area contributed by atoms with Crippen molar-refractivity contribution in [3.05, 3.63) is 29.3 Å². The summed E-state index contributed by atoms with van der Waals surface area (Å²) in [5.41, 5.74) is 0.390. The third kappa shape index (κ3) is 1.23. The maximum Gasteiger partial charge on any atom is 0.347 e. The van der Waals surface area contributed by atoms with Crippen LogP contribution in [0.5, 0.6) is 5.75 Å². The van der Waals surface area contributed by atoms with Crippen molar-refractivity contribution in [2.24, 2.45) is 0 Å². The van der Waals surface area contributed by atoms with Gasteiger partial charge in [-0.15, -0.1) is 0 Å². The van der Waals surface area contributed by atoms with Crippen LogP contribution in [-0.4, -0.2) is 23.8 Å². The molecule has 0 aromatic heterocycles. The van der Waals surface area contributed by atoms with Crippen LogP contribution in [0.15, 0.2) is 18.2 Å². The van der Waals surface area contributed by atoms with Crippen LogP contribution in [0.4, 0.5) is 0 Å². The number of fused-ring (bicyclic) bond motifs is 1. The first-order valence-corrected chi connectivity index (χ1v) is 3.86. The summed E-state index contributed by atoms with van der Waals surface area (Å²) < 4.78 is 9.12. The molecule has 0 unspecified atom stereocenters. The normalized spacial score (nSPS) is 13.8. The molecule has 5 nitrogen and oxygen atoms in total. The number of cyclic esters (lactones) is 2. The predicted molar refractivity (Wildman–Crippen MR) is 43.9 cm³/mol. The monoisotopic (exact) mass is 194 g/mol. The van der Waals surface area contributed by atoms with Gasteiger partial charge in [0.2, 0.25) is 0 Å². The molecule has 2 rings (SSSR count). The second-order valence-corrected chi connectivity index (χ2v) is 2.66. The van der Waals surface area contributed by atoms with Crippen LogP contribution in [-0.2, 0) is 4.74 Å². The first-order chi connectivity index (χ1) is 6.72. The molecular weight excluding hydrogens is 188 g/mol. The lowest BCUT2D eigenvalue weighted by molar-refractivity contribution is 0.0443. The molecule has 0 spiro atoms. The third-order valence-corrected chi connectivity index (χ3v) is 1.85. The lowest BCUT2D eigenvalue weighted by Crippen LogP contribution is -1.98. The standard InChI is InChI=1S/C9H6O5/c10-4-13-5-1-2-6-7(3-5)9(12)14-8(6)11/h1-3,10H,4H2. The summed E-state index contributed by atoms with van der Waals surface area (Å²) in [5, 5.41) is 8.48. The van der Waals surface area contributed by atoms with Crippen LogP contribution >= 0.6 is 0 Å². The number of rotatable bonds is 2. The number of aliphatic hydroxyl groups is 1. The van der Waals surface area contributed by atoms with Crippen LogP contribution in [0.3, 0.4) is 0 Å². The van der Waals surface area contributed by atoms with E-state index in [9.17, 15) is 9.59 Å². The van der Waals surface area contributed by atoms with Crippen molar-refractivity contribution in [3.63, 3.8) is 0 Å². The van der Waals surface area contributed by atoms with Gasteiger partial charge in [0.1, 0.15) is 5.75 Å². The van der Waals surface area contributed by atoms with Gasteiger partial charge >= 0.3 is 11.9 Å². The molecule has 72 valence electrons. The second kappa shape index (κ2) is 3.12. The number of esters is 2. The fourth-order valence-corrected chi connectivity index (χ4v) is 1.23. The van der Waals surface area contributed by atoms with Gasteiger partial charge in [0.15, 0.2) is 6.79 Å². The molecule has 5 heteroatoms. The zero-order valence-corrected chi connectivity index (χ0v) is 7.02. The number of aliphatic hydroxyl groups excluding tert-OH is 1. The summed E-state index contributed by atoms with van der Waals surface area (Å²) in [5.74, 6) is -1.02. The van der Waals surface area contributed by atoms with Crippen LogP contribution in [0.2, 0.25) is 0 Å². The molecule has 1 aromatic rings. The van der Waals surface area contributed by atoms with Gasteiger partial charge in [0.05, 0.1) is 11.1 Å². The summed E-state index contributed by atoms with van der Waals surface area (Å²) >= 11 is 0. The van der Waals surface area contributed by atoms with E-state index < -0.39 is 18.7 Å². The third-order valence-electron chi connectivity index (χ3n) is 1.85. The maximum absolute atomic E-state index is 11.1. The zero-order chi connectivity index (χ0) is 10.1. The molecule has 0 saturated heterocycles. The quantitative estimate of drug-likeness (QED) is 0.417. The van der Waals surface area contributed by atoms with Crippen LogP contribution in [0.25, 0.3) is 0 Å². The Balaban J connectivity index is 2.44. The summed E-state index contributed by atoms with van der Waals surface area (Å²) in [4.78, 5) is 22.1. The number of carbonyl (C=O) groups is 2. The number of hydrogen-bond acceptors (Lipinski definition) is 5. The van der Waals surface area contributed by atoms with Gasteiger partial charge in [0, 0.05) is 0 Å². The highest BCUT2D eigenvalue weighted by molar-refractivity contribution is 6.14. The molecule has 1 N–H and O–H groups in total. The van der Waals surface area contributed by atoms with Crippen molar-refractivity contribution in [2.45, 2.75) is 0 Å². The second-order valence-electron chi connectivity index (χ2n) is 2.66. The van der Waals surface area contributed by atoms with Crippen LogP contribution in [0.1, 0.15) is 20.7 Å². The Bertz CT molecular complexity index is 410. The molecule has 1 heterocycles. The average Bonchev–Trinajstić information content (AvgIpc) is 2.43. The topological polar surface area (TPSA) is 72.8 Å². The number of hydrogen-bond donors (Lipinski definition) is 1. The summed E-state index contributed by atoms with van der Waals surface area (Å²) in [7, 11) is 0. The molecule has 1 aliphatic heterocycles. The molecule has 1 aromatic carbocycles. The Morgan fingerprint density at radius 3 is 2.64 bits per heavy atom. The molecule has 0 aliphatic carbocycles. The molecule has 0 amide bonds. The average molecular weight is 194 g/mol. The van der Waals surface area contributed by atoms with E-state index in [-0.39, 0.29) is 11.1 Å². The molecule has 0 fully saturated rings. The van der Waals surface area contributed by atoms with E-state index in [1.807, 2.05) is 0 Å². The lowest BCUT2D eigenvalue weighted by Gasteiger charge is -2.01. The minimum Gasteiger partial charge on any atom is -0.468 e. The molecule has 0 saturated carbocycles. The summed E-state index contributed by atoms with van der Waals surface area (Å²) in [6.07, 6.45) is 0. The Morgan fingerprint density at radius 1 is 1.21 bits per heavy atom. The van der Waals surface area contributed by atoms with Crippen molar-refractivity contribution in [1.29, 1.82) is 0 Å². The minimum absolute atomic E-state index is 0.168. The molecule has 14 heavy (non-hydrogen) atoms. The highest BCUT2D eigenvalue weighted by Gasteiger charge is 2.29. The van der Waals surface area contributed by atoms with E-state index in [1.54, 1.807) is 0 Å². The van der Waals surface area contributed by atoms with Gasteiger partial charge in [-0.3, -0.25) is 0 Å². The highest BCUT2D eigenvalue weighted by Crippen LogP contribution is 2.24. The van der Waals surface area contributed by atoms with E-state index in [1.165, 1.54) is 18.2 Å². The van der Waals surface area contributed by atoms with Crippen molar-refractivity contribution < 1.29 is 24.2 Å². The Kier molecular flexibility index (Phi) is 1.94. The maximum atomic E-state index is 11.1. The van der Waals surface area contributed by atoms with Crippen LogP contribution < -0.4 is 4.74 Å². The molecule has 0 atom stereocenters. The number of benzene rings is 1. The van der Waals surface area contributed by atoms with E-state index in [0.29, 0.717) is 5.75 Å². The SMILES string of the molecule is O=C1OC(=O)c2cc(OCO)ccc21. The van der Waals surface area contributed by atoms with Gasteiger partial charge < -0.3 is 14.6 Å². The van der Waals surface area contributed by atoms with Crippen LogP contribution in [0, 0.1) is 0 Å². The highest BCUT2D eigenvalue weighted by atomic mass is 16.6. The molecular formula is C9H6O5. The summed E-state index contributed by atoms with van der Waals surface area (Å²) in [6.45, 7) is -0.484. The fourth-order valence-electron chi connectivity index (χ4n) is 1.23. The van der Waals surface area contributed by atoms with E-state index in [4.69, 9.17) is 9.84 Å². The predicted octanol–water partition coefficient (Wildman–Crippen LogP) is 0.326. The van der Waals surface area contributed by atoms with E-state index in [2.05, 4.69) is 4.74 Å². The Labute approximate surface area is 78.9 Å². The number of carbonyl (C=O) groups excluding carboxylic acids is 2. The molecule has 0 radical (unpaired) electrons. The van der Waals surface area contributed by atoms with Crippen molar-refractivity contribution in [1.82, 2.24) is 0 Å². The lowest BCUT2D eigenvalue weighted by atomic mass is 10.1. The Hall–Kier alpha value is -1.88. The first kappa shape index (κ1) is 8.71. The number of ether oxygens (including phenoxy) is 2. The van der Waals surface area contributed by atoms with Gasteiger partial charge in [0.25, 0.3) is 0 Å². The van der Waals surface area contributed by atoms with E-state index >= 15 is 0 Å².